The van der Waals surface area contributed by atoms with Crippen LogP contribution in [0.1, 0.15) is 11.1 Å². The summed E-state index contributed by atoms with van der Waals surface area (Å²) >= 11 is 0. The molecule has 1 heterocycles. The zero-order chi connectivity index (χ0) is 8.55. The van der Waals surface area contributed by atoms with Crippen LogP contribution in [0.5, 0.6) is 0 Å². The molecule has 1 aromatic rings. The van der Waals surface area contributed by atoms with Gasteiger partial charge in [-0.25, -0.2) is 0 Å². The maximum Gasteiger partial charge on any atom is 0.0431 e. The lowest BCUT2D eigenvalue weighted by Crippen LogP contribution is -2.12. The van der Waals surface area contributed by atoms with Crippen LogP contribution in [0, 0.1) is 7.05 Å². The van der Waals surface area contributed by atoms with Gasteiger partial charge in [0.2, 0.25) is 0 Å². The number of anilines is 1. The SMILES string of the molecule is [CH2]N1C=Cc2c(N)cccc2C1. The van der Waals surface area contributed by atoms with E-state index in [1.165, 1.54) is 5.56 Å². The first-order valence-electron chi connectivity index (χ1n) is 3.90. The Morgan fingerprint density at radius 1 is 1.42 bits per heavy atom. The molecule has 0 spiro atoms. The van der Waals surface area contributed by atoms with Crippen LogP contribution in [-0.4, -0.2) is 4.90 Å². The Balaban J connectivity index is 2.53. The summed E-state index contributed by atoms with van der Waals surface area (Å²) in [5.41, 5.74) is 9.02. The topological polar surface area (TPSA) is 29.3 Å². The molecule has 0 unspecified atom stereocenters. The summed E-state index contributed by atoms with van der Waals surface area (Å²) < 4.78 is 0. The number of rotatable bonds is 0. The fourth-order valence-electron chi connectivity index (χ4n) is 1.43. The van der Waals surface area contributed by atoms with Gasteiger partial charge in [0.15, 0.2) is 0 Å². The normalized spacial score (nSPS) is 14.6. The first kappa shape index (κ1) is 7.22. The number of hydrogen-bond donors (Lipinski definition) is 1. The van der Waals surface area contributed by atoms with Crippen molar-refractivity contribution in [3.8, 4) is 0 Å². The number of nitrogens with two attached hydrogens (primary N) is 1. The lowest BCUT2D eigenvalue weighted by Gasteiger charge is -2.21. The van der Waals surface area contributed by atoms with Gasteiger partial charge in [0, 0.05) is 31.0 Å². The minimum atomic E-state index is 0.844. The molecule has 2 nitrogen and oxygen atoms in total. The Morgan fingerprint density at radius 2 is 2.25 bits per heavy atom. The van der Waals surface area contributed by atoms with E-state index in [4.69, 9.17) is 5.73 Å². The Hall–Kier alpha value is -1.44. The molecule has 1 aliphatic heterocycles. The van der Waals surface area contributed by atoms with Crippen molar-refractivity contribution in [1.82, 2.24) is 4.90 Å². The molecule has 0 aliphatic carbocycles. The number of nitrogen functional groups attached to an aromatic ring is 1. The van der Waals surface area contributed by atoms with Gasteiger partial charge in [-0.2, -0.15) is 0 Å². The standard InChI is InChI=1S/C10H11N2/c1-12-6-5-9-8(7-12)3-2-4-10(9)11/h2-6H,1,7,11H2. The van der Waals surface area contributed by atoms with E-state index in [0.29, 0.717) is 0 Å². The average Bonchev–Trinajstić information content (AvgIpc) is 2.04. The van der Waals surface area contributed by atoms with E-state index in [9.17, 15) is 0 Å². The predicted molar refractivity (Wildman–Crippen MR) is 50.8 cm³/mol. The zero-order valence-electron chi connectivity index (χ0n) is 6.83. The quantitative estimate of drug-likeness (QED) is 0.585. The van der Waals surface area contributed by atoms with Crippen molar-refractivity contribution >= 4 is 11.8 Å². The van der Waals surface area contributed by atoms with Crippen molar-refractivity contribution in [1.29, 1.82) is 0 Å². The Bertz CT molecular complexity index is 329. The lowest BCUT2D eigenvalue weighted by molar-refractivity contribution is 0.492. The molecule has 2 N–H and O–H groups in total. The minimum Gasteiger partial charge on any atom is -0.398 e. The van der Waals surface area contributed by atoms with E-state index in [1.807, 2.05) is 29.3 Å². The van der Waals surface area contributed by atoms with Crippen LogP contribution in [0.15, 0.2) is 24.4 Å². The zero-order valence-corrected chi connectivity index (χ0v) is 6.83. The fraction of sp³-hybridized carbons (Fsp3) is 0.100. The molecule has 2 heteroatoms. The summed E-state index contributed by atoms with van der Waals surface area (Å²) in [6.45, 7) is 0.844. The van der Waals surface area contributed by atoms with E-state index in [0.717, 1.165) is 17.8 Å². The molecule has 0 bridgehead atoms. The molecule has 1 aromatic carbocycles. The number of nitrogens with zero attached hydrogens (tertiary/aromatic N) is 1. The molecule has 2 rings (SSSR count). The van der Waals surface area contributed by atoms with Gasteiger partial charge in [-0.15, -0.1) is 0 Å². The minimum absolute atomic E-state index is 0.844. The summed E-state index contributed by atoms with van der Waals surface area (Å²) in [7, 11) is 3.83. The third kappa shape index (κ3) is 1.05. The first-order chi connectivity index (χ1) is 5.77. The van der Waals surface area contributed by atoms with Crippen LogP contribution in [-0.2, 0) is 6.54 Å². The molecule has 61 valence electrons. The van der Waals surface area contributed by atoms with Crippen LogP contribution < -0.4 is 5.73 Å². The molecule has 1 radical (unpaired) electrons. The number of hydrogen-bond acceptors (Lipinski definition) is 2. The predicted octanol–water partition coefficient (Wildman–Crippen LogP) is 1.85. The van der Waals surface area contributed by atoms with E-state index in [-0.39, 0.29) is 0 Å². The maximum atomic E-state index is 5.80. The molecule has 0 saturated heterocycles. The van der Waals surface area contributed by atoms with Crippen molar-refractivity contribution in [2.24, 2.45) is 0 Å². The molecule has 0 amide bonds. The third-order valence-corrected chi connectivity index (χ3v) is 2.06. The second-order valence-corrected chi connectivity index (χ2v) is 2.98. The summed E-state index contributed by atoms with van der Waals surface area (Å²) in [6.07, 6.45) is 3.94. The molecular weight excluding hydrogens is 148 g/mol. The second kappa shape index (κ2) is 2.55. The highest BCUT2D eigenvalue weighted by Gasteiger charge is 2.08. The average molecular weight is 159 g/mol. The molecular formula is C10H11N2. The fourth-order valence-corrected chi connectivity index (χ4v) is 1.43. The maximum absolute atomic E-state index is 5.80. The third-order valence-electron chi connectivity index (χ3n) is 2.06. The van der Waals surface area contributed by atoms with E-state index in [1.54, 1.807) is 0 Å². The van der Waals surface area contributed by atoms with Crippen molar-refractivity contribution in [3.05, 3.63) is 42.6 Å². The van der Waals surface area contributed by atoms with Crippen LogP contribution in [0.2, 0.25) is 0 Å². The van der Waals surface area contributed by atoms with Gasteiger partial charge in [0.25, 0.3) is 0 Å². The van der Waals surface area contributed by atoms with Gasteiger partial charge in [0.05, 0.1) is 0 Å². The smallest absolute Gasteiger partial charge is 0.0431 e. The number of benzene rings is 1. The molecule has 0 atom stereocenters. The van der Waals surface area contributed by atoms with Gasteiger partial charge in [-0.1, -0.05) is 12.1 Å². The highest BCUT2D eigenvalue weighted by atomic mass is 15.1. The lowest BCUT2D eigenvalue weighted by atomic mass is 10.0. The van der Waals surface area contributed by atoms with Crippen LogP contribution >= 0.6 is 0 Å². The monoisotopic (exact) mass is 159 g/mol. The number of fused-ring (bicyclic) bond motifs is 1. The van der Waals surface area contributed by atoms with E-state index < -0.39 is 0 Å². The van der Waals surface area contributed by atoms with Gasteiger partial charge in [0.1, 0.15) is 0 Å². The van der Waals surface area contributed by atoms with Crippen molar-refractivity contribution in [2.75, 3.05) is 5.73 Å². The molecule has 12 heavy (non-hydrogen) atoms. The summed E-state index contributed by atoms with van der Waals surface area (Å²) in [5, 5.41) is 0. The summed E-state index contributed by atoms with van der Waals surface area (Å²) in [4.78, 5) is 1.89. The Labute approximate surface area is 72.3 Å². The Kier molecular flexibility index (Phi) is 1.54. The molecule has 0 aromatic heterocycles. The van der Waals surface area contributed by atoms with E-state index >= 15 is 0 Å². The van der Waals surface area contributed by atoms with E-state index in [2.05, 4.69) is 13.1 Å². The van der Waals surface area contributed by atoms with Crippen LogP contribution in [0.4, 0.5) is 5.69 Å². The van der Waals surface area contributed by atoms with Crippen molar-refractivity contribution in [3.63, 3.8) is 0 Å². The second-order valence-electron chi connectivity index (χ2n) is 2.98. The Morgan fingerprint density at radius 3 is 3.08 bits per heavy atom. The highest BCUT2D eigenvalue weighted by molar-refractivity contribution is 5.68. The van der Waals surface area contributed by atoms with Gasteiger partial charge in [-0.3, -0.25) is 0 Å². The highest BCUT2D eigenvalue weighted by Crippen LogP contribution is 2.23. The van der Waals surface area contributed by atoms with Crippen molar-refractivity contribution < 1.29 is 0 Å². The van der Waals surface area contributed by atoms with Gasteiger partial charge in [-0.05, 0) is 17.7 Å². The van der Waals surface area contributed by atoms with Crippen molar-refractivity contribution in [2.45, 2.75) is 6.54 Å². The van der Waals surface area contributed by atoms with Crippen LogP contribution in [0.3, 0.4) is 0 Å². The largest absolute Gasteiger partial charge is 0.398 e. The molecule has 0 fully saturated rings. The van der Waals surface area contributed by atoms with Crippen LogP contribution in [0.25, 0.3) is 6.08 Å². The summed E-state index contributed by atoms with van der Waals surface area (Å²) in [6, 6.07) is 5.97. The van der Waals surface area contributed by atoms with Gasteiger partial charge < -0.3 is 10.6 Å². The summed E-state index contributed by atoms with van der Waals surface area (Å²) in [5.74, 6) is 0. The first-order valence-corrected chi connectivity index (χ1v) is 3.90. The molecule has 0 saturated carbocycles. The van der Waals surface area contributed by atoms with Gasteiger partial charge >= 0.3 is 0 Å². The molecule has 1 aliphatic rings.